The average molecular weight is 453 g/mol. The molecule has 2 atom stereocenters. The molecular weight excluding hydrogens is 432 g/mol. The second kappa shape index (κ2) is 7.97. The van der Waals surface area contributed by atoms with Gasteiger partial charge in [-0.15, -0.1) is 0 Å². The number of carbonyl (C=O) groups is 1. The lowest BCUT2D eigenvalue weighted by Crippen LogP contribution is -2.42. The molecule has 2 aromatic rings. The molecule has 1 amide bonds. The van der Waals surface area contributed by atoms with Crippen molar-refractivity contribution in [2.45, 2.75) is 31.7 Å². The minimum absolute atomic E-state index is 0.114. The number of halogens is 1. The Bertz CT molecular complexity index is 948. The predicted octanol–water partition coefficient (Wildman–Crippen LogP) is 2.64. The fourth-order valence-electron chi connectivity index (χ4n) is 2.76. The normalized spacial score (nSPS) is 19.7. The predicted molar refractivity (Wildman–Crippen MR) is 110 cm³/mol. The molecule has 0 bridgehead atoms. The smallest absolute Gasteiger partial charge is 0.250 e. The first-order valence-corrected chi connectivity index (χ1v) is 10.8. The van der Waals surface area contributed by atoms with Gasteiger partial charge in [0.15, 0.2) is 0 Å². The number of hydrogen-bond acceptors (Lipinski definition) is 5. The summed E-state index contributed by atoms with van der Waals surface area (Å²) < 4.78 is 28.5. The number of nitrogens with one attached hydrogen (secondary N) is 4. The molecule has 7 nitrogen and oxygen atoms in total. The van der Waals surface area contributed by atoms with Crippen LogP contribution in [0.4, 0.5) is 11.4 Å². The Balaban J connectivity index is 1.64. The van der Waals surface area contributed by atoms with Gasteiger partial charge in [-0.3, -0.25) is 9.52 Å². The molecule has 1 heterocycles. The zero-order valence-electron chi connectivity index (χ0n) is 14.9. The Morgan fingerprint density at radius 2 is 1.81 bits per heavy atom. The molecule has 2 unspecified atom stereocenters. The summed E-state index contributed by atoms with van der Waals surface area (Å²) in [5, 5.41) is 1.94. The maximum absolute atomic E-state index is 12.6. The van der Waals surface area contributed by atoms with Crippen LogP contribution in [0, 0.1) is 13.8 Å². The summed E-state index contributed by atoms with van der Waals surface area (Å²) in [5.41, 5.74) is 8.72. The van der Waals surface area contributed by atoms with Crippen LogP contribution in [0.3, 0.4) is 0 Å². The first-order valence-electron chi connectivity index (χ1n) is 8.41. The van der Waals surface area contributed by atoms with Crippen LogP contribution in [0.15, 0.2) is 46.9 Å². The van der Waals surface area contributed by atoms with Crippen molar-refractivity contribution in [2.75, 3.05) is 10.0 Å². The molecular formula is C18H21BrN4O3S. The van der Waals surface area contributed by atoms with Crippen LogP contribution in [0.1, 0.15) is 17.5 Å². The molecule has 1 saturated heterocycles. The van der Waals surface area contributed by atoms with Gasteiger partial charge in [0.2, 0.25) is 15.9 Å². The Labute approximate surface area is 167 Å². The minimum atomic E-state index is -3.70. The Morgan fingerprint density at radius 3 is 2.52 bits per heavy atom. The molecule has 2 aromatic carbocycles. The van der Waals surface area contributed by atoms with E-state index in [1.54, 1.807) is 24.3 Å². The maximum atomic E-state index is 12.6. The zero-order chi connectivity index (χ0) is 19.6. The van der Waals surface area contributed by atoms with Crippen molar-refractivity contribution in [3.05, 3.63) is 58.1 Å². The summed E-state index contributed by atoms with van der Waals surface area (Å²) in [6, 6.07) is 11.8. The molecule has 0 radical (unpaired) electrons. The van der Waals surface area contributed by atoms with E-state index in [0.717, 1.165) is 21.3 Å². The lowest BCUT2D eigenvalue weighted by molar-refractivity contribution is -0.117. The fraction of sp³-hybridized carbons (Fsp3) is 0.278. The van der Waals surface area contributed by atoms with Gasteiger partial charge in [-0.2, -0.15) is 0 Å². The molecule has 27 heavy (non-hydrogen) atoms. The van der Waals surface area contributed by atoms with Crippen molar-refractivity contribution in [1.82, 2.24) is 10.9 Å². The summed E-state index contributed by atoms with van der Waals surface area (Å²) in [6.07, 6.45) is 0.114. The van der Waals surface area contributed by atoms with E-state index in [-0.39, 0.29) is 12.3 Å². The molecule has 9 heteroatoms. The van der Waals surface area contributed by atoms with Gasteiger partial charge in [-0.1, -0.05) is 28.1 Å². The lowest BCUT2D eigenvalue weighted by Gasteiger charge is -2.14. The zero-order valence-corrected chi connectivity index (χ0v) is 17.3. The third-order valence-electron chi connectivity index (χ3n) is 4.53. The summed E-state index contributed by atoms with van der Waals surface area (Å²) in [6.45, 7) is 3.90. The number of sulfonamides is 1. The summed E-state index contributed by atoms with van der Waals surface area (Å²) in [5.74, 6) is -0.280. The quantitative estimate of drug-likeness (QED) is 0.558. The third-order valence-corrected chi connectivity index (χ3v) is 6.63. The lowest BCUT2D eigenvalue weighted by atomic mass is 10.1. The van der Waals surface area contributed by atoms with Crippen molar-refractivity contribution in [3.63, 3.8) is 0 Å². The monoisotopic (exact) mass is 452 g/mol. The summed E-state index contributed by atoms with van der Waals surface area (Å²) in [4.78, 5) is 12.5. The summed E-state index contributed by atoms with van der Waals surface area (Å²) >= 11 is 3.31. The standard InChI is InChI=1S/C18H21BrN4O3S/c1-11-4-3-5-15(12(11)2)20-18(24)16-10-17(22-21-16)27(25,26)23-14-8-6-13(19)7-9-14/h3-9,16-17,21-23H,10H2,1-2H3,(H,20,24). The molecule has 0 aliphatic carbocycles. The van der Waals surface area contributed by atoms with E-state index in [0.29, 0.717) is 5.69 Å². The van der Waals surface area contributed by atoms with E-state index in [1.807, 2.05) is 32.0 Å². The van der Waals surface area contributed by atoms with E-state index in [1.165, 1.54) is 0 Å². The molecule has 3 rings (SSSR count). The van der Waals surface area contributed by atoms with Gasteiger partial charge in [0.1, 0.15) is 11.4 Å². The number of anilines is 2. The molecule has 1 aliphatic rings. The highest BCUT2D eigenvalue weighted by Gasteiger charge is 2.37. The largest absolute Gasteiger partial charge is 0.324 e. The highest BCUT2D eigenvalue weighted by atomic mass is 79.9. The second-order valence-electron chi connectivity index (χ2n) is 6.46. The van der Waals surface area contributed by atoms with Crippen molar-refractivity contribution in [1.29, 1.82) is 0 Å². The van der Waals surface area contributed by atoms with Crippen molar-refractivity contribution in [2.24, 2.45) is 0 Å². The van der Waals surface area contributed by atoms with Crippen LogP contribution < -0.4 is 20.9 Å². The van der Waals surface area contributed by atoms with E-state index >= 15 is 0 Å². The van der Waals surface area contributed by atoms with Crippen molar-refractivity contribution in [3.8, 4) is 0 Å². The molecule has 144 valence electrons. The average Bonchev–Trinajstić information content (AvgIpc) is 3.12. The van der Waals surface area contributed by atoms with Crippen LogP contribution in [-0.2, 0) is 14.8 Å². The van der Waals surface area contributed by atoms with Crippen molar-refractivity contribution < 1.29 is 13.2 Å². The van der Waals surface area contributed by atoms with Gasteiger partial charge >= 0.3 is 0 Å². The second-order valence-corrected chi connectivity index (χ2v) is 9.24. The first-order chi connectivity index (χ1) is 12.8. The molecule has 0 spiro atoms. The van der Waals surface area contributed by atoms with Crippen LogP contribution >= 0.6 is 15.9 Å². The highest BCUT2D eigenvalue weighted by Crippen LogP contribution is 2.21. The summed E-state index contributed by atoms with van der Waals surface area (Å²) in [7, 11) is -3.70. The van der Waals surface area contributed by atoms with E-state index in [4.69, 9.17) is 0 Å². The number of carbonyl (C=O) groups excluding carboxylic acids is 1. The number of rotatable bonds is 5. The van der Waals surface area contributed by atoms with E-state index < -0.39 is 21.4 Å². The topological polar surface area (TPSA) is 99.3 Å². The van der Waals surface area contributed by atoms with Gasteiger partial charge in [0, 0.05) is 22.3 Å². The molecule has 0 aromatic heterocycles. The third kappa shape index (κ3) is 4.67. The molecule has 1 aliphatic heterocycles. The fourth-order valence-corrected chi connectivity index (χ4v) is 4.30. The van der Waals surface area contributed by atoms with Gasteiger partial charge < -0.3 is 5.32 Å². The minimum Gasteiger partial charge on any atom is -0.324 e. The van der Waals surface area contributed by atoms with Crippen molar-refractivity contribution >= 4 is 43.2 Å². The number of benzene rings is 2. The SMILES string of the molecule is Cc1cccc(NC(=O)C2CC(S(=O)(=O)Nc3ccc(Br)cc3)NN2)c1C. The van der Waals surface area contributed by atoms with Crippen LogP contribution in [0.5, 0.6) is 0 Å². The Hall–Kier alpha value is -1.94. The Kier molecular flexibility index (Phi) is 5.85. The van der Waals surface area contributed by atoms with Gasteiger partial charge in [0.25, 0.3) is 0 Å². The first kappa shape index (κ1) is 19.8. The van der Waals surface area contributed by atoms with Gasteiger partial charge in [-0.05, 0) is 55.3 Å². The molecule has 4 N–H and O–H groups in total. The van der Waals surface area contributed by atoms with E-state index in [2.05, 4.69) is 36.8 Å². The number of aryl methyl sites for hydroxylation is 1. The molecule has 0 saturated carbocycles. The molecule has 1 fully saturated rings. The van der Waals surface area contributed by atoms with Gasteiger partial charge in [-0.25, -0.2) is 19.3 Å². The number of hydrazine groups is 1. The number of hydrogen-bond donors (Lipinski definition) is 4. The van der Waals surface area contributed by atoms with E-state index in [9.17, 15) is 13.2 Å². The van der Waals surface area contributed by atoms with Crippen LogP contribution in [0.2, 0.25) is 0 Å². The Morgan fingerprint density at radius 1 is 1.11 bits per heavy atom. The van der Waals surface area contributed by atoms with Crippen LogP contribution in [-0.4, -0.2) is 25.7 Å². The van der Waals surface area contributed by atoms with Crippen LogP contribution in [0.25, 0.3) is 0 Å². The van der Waals surface area contributed by atoms with Gasteiger partial charge in [0.05, 0.1) is 0 Å². The number of amides is 1. The highest BCUT2D eigenvalue weighted by molar-refractivity contribution is 9.10. The maximum Gasteiger partial charge on any atom is 0.250 e.